The highest BCUT2D eigenvalue weighted by atomic mass is 16.2. The Balaban J connectivity index is 2.49. The molecule has 4 nitrogen and oxygen atoms in total. The largest absolute Gasteiger partial charge is 0.355 e. The highest BCUT2D eigenvalue weighted by Crippen LogP contribution is 2.21. The van der Waals surface area contributed by atoms with Gasteiger partial charge in [-0.15, -0.1) is 0 Å². The van der Waals surface area contributed by atoms with Crippen molar-refractivity contribution < 1.29 is 9.59 Å². The minimum atomic E-state index is -0.980. The Kier molecular flexibility index (Phi) is 5.63. The highest BCUT2D eigenvalue weighted by molar-refractivity contribution is 6.04. The fraction of sp³-hybridized carbons (Fsp3) is 0.857. The van der Waals surface area contributed by atoms with Crippen LogP contribution in [0.2, 0.25) is 0 Å². The Morgan fingerprint density at radius 3 is 2.28 bits per heavy atom. The molecule has 0 bridgehead atoms. The summed E-state index contributed by atoms with van der Waals surface area (Å²) in [6.07, 6.45) is 6.57. The van der Waals surface area contributed by atoms with Crippen LogP contribution in [0.25, 0.3) is 0 Å². The van der Waals surface area contributed by atoms with Crippen LogP contribution in [0.4, 0.5) is 0 Å². The van der Waals surface area contributed by atoms with Crippen molar-refractivity contribution in [2.45, 2.75) is 65.3 Å². The molecule has 0 aliphatic heterocycles. The maximum absolute atomic E-state index is 12.2. The lowest BCUT2D eigenvalue weighted by Crippen LogP contribution is -2.50. The lowest BCUT2D eigenvalue weighted by atomic mass is 9.89. The fourth-order valence-corrected chi connectivity index (χ4v) is 2.18. The van der Waals surface area contributed by atoms with Crippen LogP contribution in [0.5, 0.6) is 0 Å². The summed E-state index contributed by atoms with van der Waals surface area (Å²) in [7, 11) is 0. The molecule has 0 atom stereocenters. The third-order valence-corrected chi connectivity index (χ3v) is 3.61. The highest BCUT2D eigenvalue weighted by Gasteiger charge is 2.36. The van der Waals surface area contributed by atoms with Gasteiger partial charge in [0.2, 0.25) is 11.8 Å². The number of amides is 2. The molecule has 1 aliphatic rings. The average Bonchev–Trinajstić information content (AvgIpc) is 2.36. The third-order valence-electron chi connectivity index (χ3n) is 3.61. The number of carbonyl (C=O) groups is 2. The molecule has 0 radical (unpaired) electrons. The molecule has 0 spiro atoms. The van der Waals surface area contributed by atoms with E-state index < -0.39 is 5.41 Å². The summed E-state index contributed by atoms with van der Waals surface area (Å²) in [6, 6.07) is 0.254. The Bertz CT molecular complexity index is 294. The number of nitrogens with one attached hydrogen (secondary N) is 2. The van der Waals surface area contributed by atoms with Gasteiger partial charge in [0.1, 0.15) is 5.41 Å². The minimum absolute atomic E-state index is 0.150. The van der Waals surface area contributed by atoms with E-state index in [0.29, 0.717) is 6.54 Å². The lowest BCUT2D eigenvalue weighted by Gasteiger charge is -2.28. The molecule has 0 unspecified atom stereocenters. The molecular weight excluding hydrogens is 228 g/mol. The summed E-state index contributed by atoms with van der Waals surface area (Å²) in [4.78, 5) is 24.1. The van der Waals surface area contributed by atoms with Gasteiger partial charge >= 0.3 is 0 Å². The van der Waals surface area contributed by atoms with Crippen molar-refractivity contribution in [1.29, 1.82) is 0 Å². The van der Waals surface area contributed by atoms with E-state index in [4.69, 9.17) is 0 Å². The van der Waals surface area contributed by atoms with Crippen molar-refractivity contribution in [2.24, 2.45) is 5.41 Å². The van der Waals surface area contributed by atoms with Crippen molar-refractivity contribution in [2.75, 3.05) is 6.54 Å². The summed E-state index contributed by atoms with van der Waals surface area (Å²) in [5.74, 6) is -0.333. The van der Waals surface area contributed by atoms with Crippen LogP contribution < -0.4 is 10.6 Å². The number of rotatable bonds is 5. The molecule has 1 rings (SSSR count). The van der Waals surface area contributed by atoms with Gasteiger partial charge in [-0.25, -0.2) is 0 Å². The second-order valence-electron chi connectivity index (χ2n) is 5.69. The molecule has 2 N–H and O–H groups in total. The van der Waals surface area contributed by atoms with Crippen molar-refractivity contribution in [3.8, 4) is 0 Å². The Hall–Kier alpha value is -1.06. The molecule has 1 saturated carbocycles. The van der Waals surface area contributed by atoms with E-state index in [2.05, 4.69) is 10.6 Å². The van der Waals surface area contributed by atoms with Gasteiger partial charge in [-0.05, 0) is 33.1 Å². The van der Waals surface area contributed by atoms with Gasteiger partial charge in [-0.1, -0.05) is 26.2 Å². The van der Waals surface area contributed by atoms with E-state index in [1.807, 2.05) is 6.92 Å². The van der Waals surface area contributed by atoms with Crippen LogP contribution in [0, 0.1) is 5.41 Å². The van der Waals surface area contributed by atoms with E-state index in [1.54, 1.807) is 13.8 Å². The first-order chi connectivity index (χ1) is 8.48. The zero-order chi connectivity index (χ0) is 13.6. The van der Waals surface area contributed by atoms with Gasteiger partial charge in [-0.2, -0.15) is 0 Å². The molecule has 18 heavy (non-hydrogen) atoms. The second-order valence-corrected chi connectivity index (χ2v) is 5.69. The summed E-state index contributed by atoms with van der Waals surface area (Å²) in [5, 5.41) is 5.81. The first-order valence-electron chi connectivity index (χ1n) is 7.07. The molecule has 104 valence electrons. The van der Waals surface area contributed by atoms with Crippen molar-refractivity contribution in [3.63, 3.8) is 0 Å². The summed E-state index contributed by atoms with van der Waals surface area (Å²) >= 11 is 0. The van der Waals surface area contributed by atoms with Crippen LogP contribution in [0.1, 0.15) is 59.3 Å². The molecule has 0 aromatic heterocycles. The molecule has 4 heteroatoms. The molecular formula is C14H26N2O2. The summed E-state index contributed by atoms with van der Waals surface area (Å²) < 4.78 is 0. The third kappa shape index (κ3) is 4.00. The molecule has 0 heterocycles. The number of carbonyl (C=O) groups excluding carboxylic acids is 2. The van der Waals surface area contributed by atoms with Crippen LogP contribution in [-0.2, 0) is 9.59 Å². The van der Waals surface area contributed by atoms with Gasteiger partial charge in [0.25, 0.3) is 0 Å². The van der Waals surface area contributed by atoms with Gasteiger partial charge in [-0.3, -0.25) is 9.59 Å². The van der Waals surface area contributed by atoms with Gasteiger partial charge in [0.15, 0.2) is 0 Å². The Labute approximate surface area is 110 Å². The number of hydrogen-bond donors (Lipinski definition) is 2. The standard InChI is InChI=1S/C14H26N2O2/c1-4-10-15-12(17)14(2,3)13(18)16-11-8-6-5-7-9-11/h11H,4-10H2,1-3H3,(H,15,17)(H,16,18). The Morgan fingerprint density at radius 2 is 1.72 bits per heavy atom. The van der Waals surface area contributed by atoms with Crippen LogP contribution >= 0.6 is 0 Å². The fourth-order valence-electron chi connectivity index (χ4n) is 2.18. The zero-order valence-electron chi connectivity index (χ0n) is 11.8. The summed E-state index contributed by atoms with van der Waals surface area (Å²) in [5.41, 5.74) is -0.980. The van der Waals surface area contributed by atoms with Crippen molar-refractivity contribution >= 4 is 11.8 Å². The maximum Gasteiger partial charge on any atom is 0.235 e. The summed E-state index contributed by atoms with van der Waals surface area (Å²) in [6.45, 7) is 6.00. The molecule has 0 saturated heterocycles. The molecule has 0 aromatic carbocycles. The quantitative estimate of drug-likeness (QED) is 0.737. The first kappa shape index (κ1) is 15.0. The van der Waals surface area contributed by atoms with Crippen molar-refractivity contribution in [1.82, 2.24) is 10.6 Å². The zero-order valence-corrected chi connectivity index (χ0v) is 11.8. The molecule has 1 fully saturated rings. The predicted octanol–water partition coefficient (Wildman–Crippen LogP) is 1.99. The van der Waals surface area contributed by atoms with Crippen molar-refractivity contribution in [3.05, 3.63) is 0 Å². The molecule has 1 aliphatic carbocycles. The van der Waals surface area contributed by atoms with Gasteiger partial charge in [0, 0.05) is 12.6 Å². The normalized spacial score (nSPS) is 17.3. The maximum atomic E-state index is 12.2. The molecule has 0 aromatic rings. The van der Waals surface area contributed by atoms with Crippen LogP contribution in [-0.4, -0.2) is 24.4 Å². The first-order valence-corrected chi connectivity index (χ1v) is 7.07. The van der Waals surface area contributed by atoms with E-state index >= 15 is 0 Å². The Morgan fingerprint density at radius 1 is 1.11 bits per heavy atom. The van der Waals surface area contributed by atoms with E-state index in [-0.39, 0.29) is 17.9 Å². The topological polar surface area (TPSA) is 58.2 Å². The van der Waals surface area contributed by atoms with E-state index in [1.165, 1.54) is 19.3 Å². The smallest absolute Gasteiger partial charge is 0.235 e. The molecule has 2 amide bonds. The monoisotopic (exact) mass is 254 g/mol. The minimum Gasteiger partial charge on any atom is -0.355 e. The van der Waals surface area contributed by atoms with Crippen LogP contribution in [0.3, 0.4) is 0 Å². The lowest BCUT2D eigenvalue weighted by molar-refractivity contribution is -0.141. The van der Waals surface area contributed by atoms with Crippen LogP contribution in [0.15, 0.2) is 0 Å². The van der Waals surface area contributed by atoms with Gasteiger partial charge < -0.3 is 10.6 Å². The average molecular weight is 254 g/mol. The van der Waals surface area contributed by atoms with E-state index in [0.717, 1.165) is 19.3 Å². The SMILES string of the molecule is CCCNC(=O)C(C)(C)C(=O)NC1CCCCC1. The number of hydrogen-bond acceptors (Lipinski definition) is 2. The van der Waals surface area contributed by atoms with E-state index in [9.17, 15) is 9.59 Å². The second kappa shape index (κ2) is 6.76. The van der Waals surface area contributed by atoms with Gasteiger partial charge in [0.05, 0.1) is 0 Å². The predicted molar refractivity (Wildman–Crippen MR) is 72.1 cm³/mol.